The summed E-state index contributed by atoms with van der Waals surface area (Å²) in [5.74, 6) is -0.674. The normalized spacial score (nSPS) is 9.90. The highest BCUT2D eigenvalue weighted by Crippen LogP contribution is 2.09. The molecular formula is C14H18N2O3S. The van der Waals surface area contributed by atoms with Crippen LogP contribution in [0, 0.1) is 0 Å². The van der Waals surface area contributed by atoms with E-state index in [1.54, 1.807) is 38.1 Å². The largest absolute Gasteiger partial charge is 0.465 e. The number of carbonyl (C=O) groups is 2. The van der Waals surface area contributed by atoms with Crippen molar-refractivity contribution in [3.63, 3.8) is 0 Å². The number of rotatable bonds is 6. The van der Waals surface area contributed by atoms with Gasteiger partial charge in [0.05, 0.1) is 6.61 Å². The minimum atomic E-state index is -0.423. The Labute approximate surface area is 123 Å². The van der Waals surface area contributed by atoms with Gasteiger partial charge >= 0.3 is 5.97 Å². The molecule has 6 heteroatoms. The van der Waals surface area contributed by atoms with Gasteiger partial charge in [-0.05, 0) is 26.0 Å². The van der Waals surface area contributed by atoms with Crippen molar-refractivity contribution in [2.45, 2.75) is 13.8 Å². The first-order valence-electron chi connectivity index (χ1n) is 6.34. The smallest absolute Gasteiger partial charge is 0.325 e. The molecule has 0 unspecified atom stereocenters. The monoisotopic (exact) mass is 294 g/mol. The zero-order valence-electron chi connectivity index (χ0n) is 11.6. The van der Waals surface area contributed by atoms with Crippen LogP contribution in [0.5, 0.6) is 0 Å². The molecule has 0 aliphatic rings. The number of esters is 1. The first kappa shape index (κ1) is 16.1. The van der Waals surface area contributed by atoms with Crippen LogP contribution in [-0.4, -0.2) is 41.5 Å². The maximum atomic E-state index is 12.3. The van der Waals surface area contributed by atoms with Crippen molar-refractivity contribution in [3.05, 3.63) is 35.4 Å². The number of amides is 1. The lowest BCUT2D eigenvalue weighted by Crippen LogP contribution is -2.36. The number of nitrogens with two attached hydrogens (primary N) is 1. The summed E-state index contributed by atoms with van der Waals surface area (Å²) >= 11 is 4.89. The van der Waals surface area contributed by atoms with Crippen molar-refractivity contribution >= 4 is 29.1 Å². The Bertz CT molecular complexity index is 517. The SMILES string of the molecule is CCOC(=O)CN(CC)C(=O)c1cccc(C(N)=S)c1. The Kier molecular flexibility index (Phi) is 6.11. The Hall–Kier alpha value is -1.95. The van der Waals surface area contributed by atoms with Gasteiger partial charge in [-0.2, -0.15) is 0 Å². The van der Waals surface area contributed by atoms with E-state index in [4.69, 9.17) is 22.7 Å². The molecule has 20 heavy (non-hydrogen) atoms. The summed E-state index contributed by atoms with van der Waals surface area (Å²) in [7, 11) is 0. The second-order valence-corrected chi connectivity index (χ2v) is 4.51. The number of hydrogen-bond donors (Lipinski definition) is 1. The van der Waals surface area contributed by atoms with Crippen LogP contribution < -0.4 is 5.73 Å². The molecule has 0 fully saturated rings. The predicted molar refractivity (Wildman–Crippen MR) is 80.5 cm³/mol. The number of thiocarbonyl (C=S) groups is 1. The molecule has 0 radical (unpaired) electrons. The Balaban J connectivity index is 2.88. The molecule has 0 aliphatic carbocycles. The summed E-state index contributed by atoms with van der Waals surface area (Å²) in [5, 5.41) is 0. The van der Waals surface area contributed by atoms with E-state index in [1.165, 1.54) is 4.90 Å². The van der Waals surface area contributed by atoms with Crippen molar-refractivity contribution in [1.29, 1.82) is 0 Å². The van der Waals surface area contributed by atoms with E-state index in [1.807, 2.05) is 0 Å². The van der Waals surface area contributed by atoms with Crippen LogP contribution in [0.25, 0.3) is 0 Å². The van der Waals surface area contributed by atoms with E-state index in [9.17, 15) is 9.59 Å². The number of hydrogen-bond acceptors (Lipinski definition) is 4. The van der Waals surface area contributed by atoms with E-state index in [-0.39, 0.29) is 17.4 Å². The standard InChI is InChI=1S/C14H18N2O3S/c1-3-16(9-12(17)19-4-2)14(18)11-7-5-6-10(8-11)13(15)20/h5-8H,3-4,9H2,1-2H3,(H2,15,20). The molecule has 0 aromatic heterocycles. The van der Waals surface area contributed by atoms with Crippen molar-refractivity contribution in [2.24, 2.45) is 5.73 Å². The van der Waals surface area contributed by atoms with Gasteiger partial charge in [0.25, 0.3) is 5.91 Å². The highest BCUT2D eigenvalue weighted by Gasteiger charge is 2.18. The van der Waals surface area contributed by atoms with E-state index < -0.39 is 5.97 Å². The summed E-state index contributed by atoms with van der Waals surface area (Å²) in [6.07, 6.45) is 0. The number of carbonyl (C=O) groups excluding carboxylic acids is 2. The molecule has 2 N–H and O–H groups in total. The fraction of sp³-hybridized carbons (Fsp3) is 0.357. The van der Waals surface area contributed by atoms with Gasteiger partial charge in [-0.1, -0.05) is 24.4 Å². The van der Waals surface area contributed by atoms with Crippen LogP contribution in [0.2, 0.25) is 0 Å². The lowest BCUT2D eigenvalue weighted by atomic mass is 10.1. The van der Waals surface area contributed by atoms with Crippen LogP contribution in [0.15, 0.2) is 24.3 Å². The number of nitrogens with zero attached hydrogens (tertiary/aromatic N) is 1. The summed E-state index contributed by atoms with van der Waals surface area (Å²) < 4.78 is 4.85. The molecular weight excluding hydrogens is 276 g/mol. The van der Waals surface area contributed by atoms with Crippen molar-refractivity contribution in [2.75, 3.05) is 19.7 Å². The topological polar surface area (TPSA) is 72.6 Å². The zero-order valence-corrected chi connectivity index (χ0v) is 12.4. The third-order valence-electron chi connectivity index (χ3n) is 2.69. The molecule has 0 bridgehead atoms. The van der Waals surface area contributed by atoms with Gasteiger partial charge < -0.3 is 15.4 Å². The van der Waals surface area contributed by atoms with Crippen molar-refractivity contribution in [1.82, 2.24) is 4.90 Å². The minimum Gasteiger partial charge on any atom is -0.465 e. The molecule has 1 rings (SSSR count). The summed E-state index contributed by atoms with van der Waals surface area (Å²) in [6.45, 7) is 4.16. The fourth-order valence-electron chi connectivity index (χ4n) is 1.68. The highest BCUT2D eigenvalue weighted by molar-refractivity contribution is 7.80. The average Bonchev–Trinajstić information content (AvgIpc) is 2.44. The van der Waals surface area contributed by atoms with Crippen molar-refractivity contribution in [3.8, 4) is 0 Å². The molecule has 1 aromatic carbocycles. The van der Waals surface area contributed by atoms with E-state index >= 15 is 0 Å². The maximum absolute atomic E-state index is 12.3. The van der Waals surface area contributed by atoms with Gasteiger partial charge in [-0.25, -0.2) is 0 Å². The molecule has 0 atom stereocenters. The molecule has 0 heterocycles. The number of benzene rings is 1. The minimum absolute atomic E-state index is 0.0690. The van der Waals surface area contributed by atoms with Gasteiger partial charge in [-0.15, -0.1) is 0 Å². The Morgan fingerprint density at radius 2 is 1.95 bits per heavy atom. The lowest BCUT2D eigenvalue weighted by molar-refractivity contribution is -0.143. The molecule has 0 saturated carbocycles. The maximum Gasteiger partial charge on any atom is 0.325 e. The quantitative estimate of drug-likeness (QED) is 0.633. The molecule has 1 aromatic rings. The molecule has 1 amide bonds. The third-order valence-corrected chi connectivity index (χ3v) is 2.92. The first-order chi connectivity index (χ1) is 9.49. The second-order valence-electron chi connectivity index (χ2n) is 4.07. The Morgan fingerprint density at radius 1 is 1.30 bits per heavy atom. The van der Waals surface area contributed by atoms with Crippen LogP contribution in [0.1, 0.15) is 29.8 Å². The van der Waals surface area contributed by atoms with E-state index in [0.717, 1.165) is 0 Å². The van der Waals surface area contributed by atoms with Crippen LogP contribution in [0.3, 0.4) is 0 Å². The van der Waals surface area contributed by atoms with Crippen molar-refractivity contribution < 1.29 is 14.3 Å². The number of likely N-dealkylation sites (N-methyl/N-ethyl adjacent to an activating group) is 1. The van der Waals surface area contributed by atoms with Gasteiger partial charge in [0.2, 0.25) is 0 Å². The average molecular weight is 294 g/mol. The second kappa shape index (κ2) is 7.59. The lowest BCUT2D eigenvalue weighted by Gasteiger charge is -2.20. The molecule has 0 spiro atoms. The van der Waals surface area contributed by atoms with Gasteiger partial charge in [0.15, 0.2) is 0 Å². The molecule has 0 aliphatic heterocycles. The molecule has 5 nitrogen and oxygen atoms in total. The molecule has 0 saturated heterocycles. The summed E-state index contributed by atoms with van der Waals surface area (Å²) in [6, 6.07) is 6.73. The van der Waals surface area contributed by atoms with E-state index in [2.05, 4.69) is 0 Å². The highest BCUT2D eigenvalue weighted by atomic mass is 32.1. The third kappa shape index (κ3) is 4.31. The van der Waals surface area contributed by atoms with Gasteiger partial charge in [0.1, 0.15) is 11.5 Å². The summed E-state index contributed by atoms with van der Waals surface area (Å²) in [4.78, 5) is 25.4. The van der Waals surface area contributed by atoms with Crippen LogP contribution >= 0.6 is 12.2 Å². The predicted octanol–water partition coefficient (Wildman–Crippen LogP) is 1.35. The number of ether oxygens (including phenoxy) is 1. The van der Waals surface area contributed by atoms with Gasteiger partial charge in [-0.3, -0.25) is 9.59 Å². The zero-order chi connectivity index (χ0) is 15.1. The molecule has 108 valence electrons. The van der Waals surface area contributed by atoms with Crippen LogP contribution in [-0.2, 0) is 9.53 Å². The van der Waals surface area contributed by atoms with Crippen LogP contribution in [0.4, 0.5) is 0 Å². The first-order valence-corrected chi connectivity index (χ1v) is 6.75. The van der Waals surface area contributed by atoms with E-state index in [0.29, 0.717) is 24.3 Å². The fourth-order valence-corrected chi connectivity index (χ4v) is 1.80. The van der Waals surface area contributed by atoms with Gasteiger partial charge in [0, 0.05) is 17.7 Å². The summed E-state index contributed by atoms with van der Waals surface area (Å²) in [5.41, 5.74) is 6.61. The Morgan fingerprint density at radius 3 is 2.50 bits per heavy atom.